The molecule has 1 aromatic carbocycles. The first-order valence-corrected chi connectivity index (χ1v) is 6.15. The minimum Gasteiger partial charge on any atom is -0.289 e. The molecule has 0 aliphatic carbocycles. The van der Waals surface area contributed by atoms with Crippen molar-refractivity contribution in [2.24, 2.45) is 0 Å². The summed E-state index contributed by atoms with van der Waals surface area (Å²) in [5.74, 6) is 0.0780. The van der Waals surface area contributed by atoms with E-state index in [0.29, 0.717) is 0 Å². The quantitative estimate of drug-likeness (QED) is 0.396. The van der Waals surface area contributed by atoms with Gasteiger partial charge in [-0.3, -0.25) is 4.79 Å². The van der Waals surface area contributed by atoms with Gasteiger partial charge >= 0.3 is 0 Å². The Labute approximate surface area is 104 Å². The summed E-state index contributed by atoms with van der Waals surface area (Å²) in [6, 6.07) is 9.38. The Bertz CT molecular complexity index is 412. The molecule has 0 spiro atoms. The van der Waals surface area contributed by atoms with Crippen LogP contribution < -0.4 is 0 Å². The fourth-order valence-electron chi connectivity index (χ4n) is 1.77. The van der Waals surface area contributed by atoms with Crippen LogP contribution in [0.5, 0.6) is 0 Å². The molecule has 0 saturated heterocycles. The highest BCUT2D eigenvalue weighted by molar-refractivity contribution is 6.11. The molecule has 0 atom stereocenters. The first-order chi connectivity index (χ1) is 8.20. The average Bonchev–Trinajstić information content (AvgIpc) is 2.38. The zero-order valence-corrected chi connectivity index (χ0v) is 10.7. The van der Waals surface area contributed by atoms with Gasteiger partial charge in [0.15, 0.2) is 5.78 Å². The molecule has 0 aliphatic heterocycles. The topological polar surface area (TPSA) is 17.1 Å². The maximum absolute atomic E-state index is 12.3. The van der Waals surface area contributed by atoms with Crippen LogP contribution in [0, 0.1) is 0 Å². The number of ketones is 1. The van der Waals surface area contributed by atoms with Crippen molar-refractivity contribution < 1.29 is 4.79 Å². The highest BCUT2D eigenvalue weighted by atomic mass is 16.1. The van der Waals surface area contributed by atoms with Crippen molar-refractivity contribution >= 4 is 5.78 Å². The van der Waals surface area contributed by atoms with E-state index in [4.69, 9.17) is 0 Å². The van der Waals surface area contributed by atoms with Gasteiger partial charge in [0, 0.05) is 11.1 Å². The third-order valence-corrected chi connectivity index (χ3v) is 2.78. The Morgan fingerprint density at radius 2 is 1.94 bits per heavy atom. The highest BCUT2D eigenvalue weighted by Crippen LogP contribution is 2.19. The molecule has 1 nitrogen and oxygen atoms in total. The SMILES string of the molecule is C=C(CCCC)/C(=C\C)C(=O)c1ccccc1. The first kappa shape index (κ1) is 13.4. The van der Waals surface area contributed by atoms with E-state index in [-0.39, 0.29) is 5.78 Å². The molecule has 0 bridgehead atoms. The maximum Gasteiger partial charge on any atom is 0.192 e. The van der Waals surface area contributed by atoms with Crippen LogP contribution in [0.15, 0.2) is 54.1 Å². The molecule has 1 rings (SSSR count). The zero-order chi connectivity index (χ0) is 12.7. The van der Waals surface area contributed by atoms with E-state index in [0.717, 1.165) is 36.0 Å². The van der Waals surface area contributed by atoms with E-state index in [9.17, 15) is 4.79 Å². The average molecular weight is 228 g/mol. The molecule has 0 amide bonds. The van der Waals surface area contributed by atoms with Crippen molar-refractivity contribution in [1.82, 2.24) is 0 Å². The van der Waals surface area contributed by atoms with Gasteiger partial charge in [0.25, 0.3) is 0 Å². The Kier molecular flexibility index (Phi) is 5.41. The Morgan fingerprint density at radius 3 is 2.47 bits per heavy atom. The van der Waals surface area contributed by atoms with E-state index in [1.165, 1.54) is 0 Å². The van der Waals surface area contributed by atoms with E-state index >= 15 is 0 Å². The summed E-state index contributed by atoms with van der Waals surface area (Å²) < 4.78 is 0. The number of hydrogen-bond acceptors (Lipinski definition) is 1. The molecule has 0 radical (unpaired) electrons. The molecule has 1 aromatic rings. The lowest BCUT2D eigenvalue weighted by Crippen LogP contribution is -2.05. The summed E-state index contributed by atoms with van der Waals surface area (Å²) in [6.07, 6.45) is 4.97. The number of hydrogen-bond donors (Lipinski definition) is 0. The number of allylic oxidation sites excluding steroid dienone is 3. The van der Waals surface area contributed by atoms with Crippen LogP contribution in [0.25, 0.3) is 0 Å². The normalized spacial score (nSPS) is 11.3. The second-order valence-corrected chi connectivity index (χ2v) is 4.10. The fourth-order valence-corrected chi connectivity index (χ4v) is 1.77. The lowest BCUT2D eigenvalue weighted by Gasteiger charge is -2.09. The van der Waals surface area contributed by atoms with E-state index < -0.39 is 0 Å². The molecule has 0 saturated carbocycles. The molecule has 0 N–H and O–H groups in total. The summed E-state index contributed by atoms with van der Waals surface area (Å²) in [4.78, 5) is 12.3. The van der Waals surface area contributed by atoms with Crippen molar-refractivity contribution in [1.29, 1.82) is 0 Å². The first-order valence-electron chi connectivity index (χ1n) is 6.15. The molecule has 0 fully saturated rings. The van der Waals surface area contributed by atoms with Gasteiger partial charge in [0.05, 0.1) is 0 Å². The van der Waals surface area contributed by atoms with Crippen LogP contribution in [0.1, 0.15) is 43.5 Å². The third-order valence-electron chi connectivity index (χ3n) is 2.78. The van der Waals surface area contributed by atoms with Crippen LogP contribution in [0.2, 0.25) is 0 Å². The molecule has 1 heteroatoms. The molecule has 0 aliphatic rings. The summed E-state index contributed by atoms with van der Waals surface area (Å²) in [7, 11) is 0. The van der Waals surface area contributed by atoms with Gasteiger partial charge in [0.2, 0.25) is 0 Å². The van der Waals surface area contributed by atoms with Crippen LogP contribution in [0.4, 0.5) is 0 Å². The van der Waals surface area contributed by atoms with Gasteiger partial charge in [-0.15, -0.1) is 0 Å². The van der Waals surface area contributed by atoms with E-state index in [2.05, 4.69) is 13.5 Å². The van der Waals surface area contributed by atoms with Crippen LogP contribution in [0.3, 0.4) is 0 Å². The number of unbranched alkanes of at least 4 members (excludes halogenated alkanes) is 1. The maximum atomic E-state index is 12.3. The molecule has 17 heavy (non-hydrogen) atoms. The minimum atomic E-state index is 0.0780. The lowest BCUT2D eigenvalue weighted by molar-refractivity contribution is 0.103. The third kappa shape index (κ3) is 3.70. The standard InChI is InChI=1S/C16H20O/c1-4-6-10-13(3)15(5-2)16(17)14-11-8-7-9-12-14/h5,7-9,11-12H,3-4,6,10H2,1-2H3/b15-5+. The van der Waals surface area contributed by atoms with Crippen LogP contribution in [-0.4, -0.2) is 5.78 Å². The zero-order valence-electron chi connectivity index (χ0n) is 10.7. The van der Waals surface area contributed by atoms with Crippen LogP contribution in [-0.2, 0) is 0 Å². The molecule has 0 aromatic heterocycles. The molecular weight excluding hydrogens is 208 g/mol. The van der Waals surface area contributed by atoms with Crippen LogP contribution >= 0.6 is 0 Å². The Balaban J connectivity index is 2.83. The molecule has 0 unspecified atom stereocenters. The van der Waals surface area contributed by atoms with Gasteiger partial charge < -0.3 is 0 Å². The van der Waals surface area contributed by atoms with Gasteiger partial charge in [-0.05, 0) is 25.3 Å². The summed E-state index contributed by atoms with van der Waals surface area (Å²) in [6.45, 7) is 8.06. The van der Waals surface area contributed by atoms with Crippen molar-refractivity contribution in [2.45, 2.75) is 33.1 Å². The second-order valence-electron chi connectivity index (χ2n) is 4.10. The minimum absolute atomic E-state index is 0.0780. The Morgan fingerprint density at radius 1 is 1.29 bits per heavy atom. The van der Waals surface area contributed by atoms with E-state index in [1.54, 1.807) is 0 Å². The summed E-state index contributed by atoms with van der Waals surface area (Å²) in [5.41, 5.74) is 2.44. The Hall–Kier alpha value is -1.63. The second kappa shape index (κ2) is 6.85. The lowest BCUT2D eigenvalue weighted by atomic mass is 9.94. The summed E-state index contributed by atoms with van der Waals surface area (Å²) >= 11 is 0. The predicted octanol–water partition coefficient (Wildman–Crippen LogP) is 4.56. The molecule has 0 heterocycles. The number of carbonyl (C=O) groups excluding carboxylic acids is 1. The van der Waals surface area contributed by atoms with Crippen molar-refractivity contribution in [3.05, 3.63) is 59.7 Å². The number of Topliss-reactive ketones (excluding diaryl/α,β-unsaturated/α-hetero) is 1. The smallest absolute Gasteiger partial charge is 0.192 e. The monoisotopic (exact) mass is 228 g/mol. The van der Waals surface area contributed by atoms with E-state index in [1.807, 2.05) is 43.3 Å². The van der Waals surface area contributed by atoms with Gasteiger partial charge in [0.1, 0.15) is 0 Å². The van der Waals surface area contributed by atoms with Gasteiger partial charge in [-0.1, -0.05) is 56.3 Å². The molecular formula is C16H20O. The number of rotatable bonds is 6. The number of carbonyl (C=O) groups is 1. The van der Waals surface area contributed by atoms with Crippen molar-refractivity contribution in [3.8, 4) is 0 Å². The largest absolute Gasteiger partial charge is 0.289 e. The van der Waals surface area contributed by atoms with Crippen molar-refractivity contribution in [2.75, 3.05) is 0 Å². The summed E-state index contributed by atoms with van der Waals surface area (Å²) in [5, 5.41) is 0. The van der Waals surface area contributed by atoms with Gasteiger partial charge in [-0.2, -0.15) is 0 Å². The van der Waals surface area contributed by atoms with Gasteiger partial charge in [-0.25, -0.2) is 0 Å². The molecule has 90 valence electrons. The predicted molar refractivity (Wildman–Crippen MR) is 73.2 cm³/mol. The number of benzene rings is 1. The fraction of sp³-hybridized carbons (Fsp3) is 0.312. The highest BCUT2D eigenvalue weighted by Gasteiger charge is 2.13. The van der Waals surface area contributed by atoms with Crippen molar-refractivity contribution in [3.63, 3.8) is 0 Å².